The SMILES string of the molecule is Cc1ccc(C)c(CC(NN)c2csnn2)c1. The van der Waals surface area contributed by atoms with E-state index in [0.717, 1.165) is 12.1 Å². The maximum absolute atomic E-state index is 5.59. The van der Waals surface area contributed by atoms with E-state index in [2.05, 4.69) is 47.1 Å². The third-order valence-electron chi connectivity index (χ3n) is 2.86. The zero-order chi connectivity index (χ0) is 12.3. The van der Waals surface area contributed by atoms with Crippen molar-refractivity contribution in [1.29, 1.82) is 0 Å². The molecule has 0 aliphatic carbocycles. The van der Waals surface area contributed by atoms with Gasteiger partial charge in [0.05, 0.1) is 11.7 Å². The van der Waals surface area contributed by atoms with Crippen LogP contribution in [0.1, 0.15) is 28.4 Å². The molecule has 1 aromatic heterocycles. The molecule has 0 radical (unpaired) electrons. The van der Waals surface area contributed by atoms with E-state index in [-0.39, 0.29) is 6.04 Å². The fourth-order valence-corrected chi connectivity index (χ4v) is 2.32. The van der Waals surface area contributed by atoms with Gasteiger partial charge >= 0.3 is 0 Å². The van der Waals surface area contributed by atoms with Gasteiger partial charge in [-0.15, -0.1) is 5.10 Å². The summed E-state index contributed by atoms with van der Waals surface area (Å²) in [5, 5.41) is 5.99. The number of aromatic nitrogens is 2. The molecule has 1 unspecified atom stereocenters. The lowest BCUT2D eigenvalue weighted by molar-refractivity contribution is 0.536. The highest BCUT2D eigenvalue weighted by atomic mass is 32.1. The van der Waals surface area contributed by atoms with Gasteiger partial charge < -0.3 is 0 Å². The van der Waals surface area contributed by atoms with E-state index in [1.807, 2.05) is 5.38 Å². The van der Waals surface area contributed by atoms with Gasteiger partial charge in [0, 0.05) is 5.38 Å². The van der Waals surface area contributed by atoms with E-state index in [4.69, 9.17) is 5.84 Å². The van der Waals surface area contributed by atoms with Crippen LogP contribution in [0.15, 0.2) is 23.6 Å². The molecule has 0 saturated carbocycles. The molecule has 0 amide bonds. The fourth-order valence-electron chi connectivity index (χ4n) is 1.81. The number of benzene rings is 1. The van der Waals surface area contributed by atoms with Crippen LogP contribution < -0.4 is 11.3 Å². The van der Waals surface area contributed by atoms with Gasteiger partial charge in [0.1, 0.15) is 0 Å². The number of rotatable bonds is 4. The van der Waals surface area contributed by atoms with Gasteiger partial charge in [0.15, 0.2) is 0 Å². The summed E-state index contributed by atoms with van der Waals surface area (Å²) in [6.45, 7) is 4.21. The number of hydrazine groups is 1. The summed E-state index contributed by atoms with van der Waals surface area (Å²) < 4.78 is 3.87. The Kier molecular flexibility index (Phi) is 3.83. The van der Waals surface area contributed by atoms with Gasteiger partial charge in [-0.05, 0) is 42.9 Å². The Hall–Kier alpha value is -1.30. The van der Waals surface area contributed by atoms with Crippen molar-refractivity contribution in [2.75, 3.05) is 0 Å². The number of hydrogen-bond donors (Lipinski definition) is 2. The average molecular weight is 248 g/mol. The van der Waals surface area contributed by atoms with Crippen LogP contribution in [-0.2, 0) is 6.42 Å². The van der Waals surface area contributed by atoms with E-state index in [1.165, 1.54) is 28.2 Å². The van der Waals surface area contributed by atoms with Crippen molar-refractivity contribution < 1.29 is 0 Å². The summed E-state index contributed by atoms with van der Waals surface area (Å²) in [5.41, 5.74) is 7.54. The van der Waals surface area contributed by atoms with Crippen LogP contribution in [0.25, 0.3) is 0 Å². The number of nitrogens with two attached hydrogens (primary N) is 1. The van der Waals surface area contributed by atoms with Crippen molar-refractivity contribution in [1.82, 2.24) is 15.0 Å². The molecule has 3 N–H and O–H groups in total. The zero-order valence-electron chi connectivity index (χ0n) is 9.97. The Morgan fingerprint density at radius 3 is 2.88 bits per heavy atom. The molecule has 5 heteroatoms. The standard InChI is InChI=1S/C12H16N4S/c1-8-3-4-9(2)10(5-8)6-11(14-13)12-7-17-16-15-12/h3-5,7,11,14H,6,13H2,1-2H3. The van der Waals surface area contributed by atoms with E-state index >= 15 is 0 Å². The summed E-state index contributed by atoms with van der Waals surface area (Å²) in [4.78, 5) is 0. The Balaban J connectivity index is 2.21. The summed E-state index contributed by atoms with van der Waals surface area (Å²) in [7, 11) is 0. The average Bonchev–Trinajstić information content (AvgIpc) is 2.84. The quantitative estimate of drug-likeness (QED) is 0.641. The molecule has 1 heterocycles. The number of hydrogen-bond acceptors (Lipinski definition) is 5. The van der Waals surface area contributed by atoms with Gasteiger partial charge in [-0.25, -0.2) is 0 Å². The smallest absolute Gasteiger partial charge is 0.0941 e. The molecular formula is C12H16N4S. The molecule has 17 heavy (non-hydrogen) atoms. The minimum atomic E-state index is 0.0225. The summed E-state index contributed by atoms with van der Waals surface area (Å²) in [5.74, 6) is 5.59. The third-order valence-corrected chi connectivity index (χ3v) is 3.39. The fraction of sp³-hybridized carbons (Fsp3) is 0.333. The molecule has 0 fully saturated rings. The first kappa shape index (κ1) is 12.2. The van der Waals surface area contributed by atoms with Gasteiger partial charge in [-0.3, -0.25) is 11.3 Å². The molecule has 90 valence electrons. The molecule has 0 aliphatic rings. The van der Waals surface area contributed by atoms with Crippen LogP contribution in [0.4, 0.5) is 0 Å². The second kappa shape index (κ2) is 5.35. The van der Waals surface area contributed by atoms with Crippen LogP contribution in [0.3, 0.4) is 0 Å². The second-order valence-corrected chi connectivity index (χ2v) is 4.79. The highest BCUT2D eigenvalue weighted by Gasteiger charge is 2.14. The minimum Gasteiger partial charge on any atom is -0.271 e. The summed E-state index contributed by atoms with van der Waals surface area (Å²) >= 11 is 1.34. The number of nitrogens with zero attached hydrogens (tertiary/aromatic N) is 2. The second-order valence-electron chi connectivity index (χ2n) is 4.18. The number of aryl methyl sites for hydroxylation is 2. The van der Waals surface area contributed by atoms with Crippen molar-refractivity contribution in [3.05, 3.63) is 46.0 Å². The lowest BCUT2D eigenvalue weighted by Gasteiger charge is -2.15. The van der Waals surface area contributed by atoms with E-state index in [1.54, 1.807) is 0 Å². The molecule has 0 bridgehead atoms. The first-order chi connectivity index (χ1) is 8.20. The molecule has 4 nitrogen and oxygen atoms in total. The highest BCUT2D eigenvalue weighted by molar-refractivity contribution is 7.03. The lowest BCUT2D eigenvalue weighted by Crippen LogP contribution is -2.30. The Morgan fingerprint density at radius 1 is 1.41 bits per heavy atom. The Morgan fingerprint density at radius 2 is 2.24 bits per heavy atom. The van der Waals surface area contributed by atoms with E-state index in [0.29, 0.717) is 0 Å². The Labute approximate surface area is 105 Å². The van der Waals surface area contributed by atoms with Gasteiger partial charge in [-0.1, -0.05) is 28.3 Å². The predicted octanol–water partition coefficient (Wildman–Crippen LogP) is 1.90. The van der Waals surface area contributed by atoms with Crippen LogP contribution in [0, 0.1) is 13.8 Å². The molecular weight excluding hydrogens is 232 g/mol. The van der Waals surface area contributed by atoms with Crippen LogP contribution in [-0.4, -0.2) is 9.59 Å². The minimum absolute atomic E-state index is 0.0225. The molecule has 2 aromatic rings. The molecule has 1 aromatic carbocycles. The van der Waals surface area contributed by atoms with Gasteiger partial charge in [-0.2, -0.15) is 0 Å². The van der Waals surface area contributed by atoms with Crippen molar-refractivity contribution in [2.24, 2.45) is 5.84 Å². The molecule has 0 spiro atoms. The van der Waals surface area contributed by atoms with Crippen LogP contribution >= 0.6 is 11.5 Å². The van der Waals surface area contributed by atoms with Crippen molar-refractivity contribution in [3.63, 3.8) is 0 Å². The number of nitrogens with one attached hydrogen (secondary N) is 1. The molecule has 1 atom stereocenters. The largest absolute Gasteiger partial charge is 0.271 e. The Bertz CT molecular complexity index is 481. The monoisotopic (exact) mass is 248 g/mol. The first-order valence-corrected chi connectivity index (χ1v) is 6.33. The van der Waals surface area contributed by atoms with Crippen LogP contribution in [0.2, 0.25) is 0 Å². The molecule has 2 rings (SSSR count). The van der Waals surface area contributed by atoms with E-state index < -0.39 is 0 Å². The first-order valence-electron chi connectivity index (χ1n) is 5.50. The molecule has 0 saturated heterocycles. The highest BCUT2D eigenvalue weighted by Crippen LogP contribution is 2.20. The maximum atomic E-state index is 5.59. The zero-order valence-corrected chi connectivity index (χ0v) is 10.8. The summed E-state index contributed by atoms with van der Waals surface area (Å²) in [6, 6.07) is 6.47. The summed E-state index contributed by atoms with van der Waals surface area (Å²) in [6.07, 6.45) is 0.829. The molecule has 0 aliphatic heterocycles. The topological polar surface area (TPSA) is 63.8 Å². The maximum Gasteiger partial charge on any atom is 0.0941 e. The third kappa shape index (κ3) is 2.88. The normalized spacial score (nSPS) is 12.6. The van der Waals surface area contributed by atoms with Crippen molar-refractivity contribution in [2.45, 2.75) is 26.3 Å². The van der Waals surface area contributed by atoms with Crippen LogP contribution in [0.5, 0.6) is 0 Å². The lowest BCUT2D eigenvalue weighted by atomic mass is 9.98. The predicted molar refractivity (Wildman–Crippen MR) is 69.6 cm³/mol. The van der Waals surface area contributed by atoms with Crippen molar-refractivity contribution in [3.8, 4) is 0 Å². The van der Waals surface area contributed by atoms with E-state index in [9.17, 15) is 0 Å². The van der Waals surface area contributed by atoms with Gasteiger partial charge in [0.25, 0.3) is 0 Å². The van der Waals surface area contributed by atoms with Gasteiger partial charge in [0.2, 0.25) is 0 Å². The van der Waals surface area contributed by atoms with Crippen molar-refractivity contribution >= 4 is 11.5 Å².